The summed E-state index contributed by atoms with van der Waals surface area (Å²) in [5, 5.41) is 19.2. The lowest BCUT2D eigenvalue weighted by Gasteiger charge is -2.19. The quantitative estimate of drug-likeness (QED) is 0.101. The van der Waals surface area contributed by atoms with E-state index in [1.54, 1.807) is 0 Å². The van der Waals surface area contributed by atoms with E-state index in [1.165, 1.54) is 159 Å². The van der Waals surface area contributed by atoms with E-state index < -0.39 is 0 Å². The number of hydrogen-bond acceptors (Lipinski definition) is 6. The molecule has 0 atom stereocenters. The van der Waals surface area contributed by atoms with Crippen molar-refractivity contribution in [2.75, 3.05) is 0 Å². The van der Waals surface area contributed by atoms with Crippen molar-refractivity contribution in [3.63, 3.8) is 0 Å². The second-order valence-electron chi connectivity index (χ2n) is 34.5. The molecule has 0 unspecified atom stereocenters. The van der Waals surface area contributed by atoms with Gasteiger partial charge in [0.15, 0.2) is 0 Å². The number of hydrogen-bond donors (Lipinski definition) is 0. The Balaban J connectivity index is 0.000000147. The van der Waals surface area contributed by atoms with E-state index >= 15 is 0 Å². The van der Waals surface area contributed by atoms with Crippen LogP contribution in [0, 0.1) is 0 Å². The Morgan fingerprint density at radius 2 is 0.485 bits per heavy atom. The summed E-state index contributed by atoms with van der Waals surface area (Å²) in [7, 11) is 0. The van der Waals surface area contributed by atoms with Crippen molar-refractivity contribution in [1.29, 1.82) is 0 Å². The zero-order valence-corrected chi connectivity index (χ0v) is 72.8. The molecule has 0 aliphatic heterocycles. The fourth-order valence-corrected chi connectivity index (χ4v) is 20.3. The van der Waals surface area contributed by atoms with Crippen molar-refractivity contribution in [3.8, 4) is 145 Å². The van der Waals surface area contributed by atoms with Gasteiger partial charge in [0.1, 0.15) is 0 Å². The Kier molecular flexibility index (Phi) is 19.4. The molecular formula is C126H80N8. The molecule has 134 heavy (non-hydrogen) atoms. The normalized spacial score (nSPS) is 11.6. The van der Waals surface area contributed by atoms with Crippen LogP contribution in [0.3, 0.4) is 0 Å². The van der Waals surface area contributed by atoms with Gasteiger partial charge in [0.05, 0.1) is 62.9 Å². The summed E-state index contributed by atoms with van der Waals surface area (Å²) in [6, 6.07) is 156. The van der Waals surface area contributed by atoms with Crippen LogP contribution in [0.4, 0.5) is 0 Å². The van der Waals surface area contributed by atoms with E-state index in [2.05, 4.69) is 450 Å². The van der Waals surface area contributed by atoms with E-state index in [1.807, 2.05) is 55.8 Å². The first kappa shape index (κ1) is 78.3. The monoisotopic (exact) mass is 1700 g/mol. The molecule has 0 aliphatic rings. The zero-order valence-electron chi connectivity index (χ0n) is 72.8. The highest BCUT2D eigenvalue weighted by Gasteiger charge is 2.24. The minimum atomic E-state index is 0.815. The largest absolute Gasteiger partial charge is 0.308 e. The van der Waals surface area contributed by atoms with Gasteiger partial charge in [-0.05, 0) is 250 Å². The minimum absolute atomic E-state index is 0.815. The fraction of sp³-hybridized carbons (Fsp3) is 0. The topological polar surface area (TPSA) is 87.2 Å². The molecule has 8 heterocycles. The summed E-state index contributed by atoms with van der Waals surface area (Å²) in [5.74, 6) is 0. The van der Waals surface area contributed by atoms with Gasteiger partial charge in [-0.25, -0.2) is 0 Å². The number of benzene rings is 18. The summed E-state index contributed by atoms with van der Waals surface area (Å²) < 4.78 is 4.52. The molecule has 8 aromatic heterocycles. The molecule has 18 aromatic carbocycles. The lowest BCUT2D eigenvalue weighted by atomic mass is 9.84. The van der Waals surface area contributed by atoms with Crippen LogP contribution in [0.15, 0.2) is 486 Å². The summed E-state index contributed by atoms with van der Waals surface area (Å²) in [5.41, 5.74) is 33.4. The molecule has 0 spiro atoms. The number of aromatic nitrogens is 8. The van der Waals surface area contributed by atoms with Gasteiger partial charge in [0.25, 0.3) is 0 Å². The number of para-hydroxylation sites is 2. The SMILES string of the molecule is c1ccc(-c2cccc(-c3ccc(-c4c5ccccc5c(-c5ccc(-c6cccc(-c7ccccc7)c6)cc5)c5cc(-c6ccc(-c7ccc(-n8c9ccccc9c9cnccc98)cn7)nc6)ccc45)cc3)c2)cc1.c1ccc2cc(-c3c4ccccc4c(-c4ccc5ccccc5c4)c4cc(-c5ccc(-c6cncc(-n7c8ccccc8c8cnccc87)c6)cn5)ccc34)ccc2c1. The minimum Gasteiger partial charge on any atom is -0.308 e. The van der Waals surface area contributed by atoms with Gasteiger partial charge in [0, 0.05) is 87.2 Å². The van der Waals surface area contributed by atoms with Crippen molar-refractivity contribution < 1.29 is 0 Å². The van der Waals surface area contributed by atoms with Crippen molar-refractivity contribution >= 4 is 108 Å². The number of rotatable bonds is 14. The molecule has 0 saturated heterocycles. The van der Waals surface area contributed by atoms with Crippen LogP contribution in [-0.4, -0.2) is 39.0 Å². The van der Waals surface area contributed by atoms with Gasteiger partial charge in [0.2, 0.25) is 0 Å². The van der Waals surface area contributed by atoms with Crippen molar-refractivity contribution in [2.24, 2.45) is 0 Å². The maximum Gasteiger partial charge on any atom is 0.0887 e. The van der Waals surface area contributed by atoms with Crippen LogP contribution >= 0.6 is 0 Å². The summed E-state index contributed by atoms with van der Waals surface area (Å²) in [6.07, 6.45) is 17.3. The Hall–Kier alpha value is -18.0. The lowest BCUT2D eigenvalue weighted by molar-refractivity contribution is 1.13. The highest BCUT2D eigenvalue weighted by atomic mass is 15.0. The van der Waals surface area contributed by atoms with Gasteiger partial charge < -0.3 is 9.13 Å². The first-order valence-electron chi connectivity index (χ1n) is 45.4. The Morgan fingerprint density at radius 3 is 0.978 bits per heavy atom. The molecule has 26 aromatic rings. The van der Waals surface area contributed by atoms with E-state index in [0.29, 0.717) is 0 Å². The maximum atomic E-state index is 5.10. The molecule has 0 saturated carbocycles. The molecule has 0 amide bonds. The molecule has 8 heteroatoms. The third-order valence-electron chi connectivity index (χ3n) is 26.8. The number of pyridine rings is 6. The third kappa shape index (κ3) is 14.0. The van der Waals surface area contributed by atoms with E-state index in [-0.39, 0.29) is 0 Å². The van der Waals surface area contributed by atoms with E-state index in [0.717, 1.165) is 94.7 Å². The van der Waals surface area contributed by atoms with Crippen LogP contribution in [0.1, 0.15) is 0 Å². The molecule has 26 rings (SSSR count). The highest BCUT2D eigenvalue weighted by Crippen LogP contribution is 2.50. The second kappa shape index (κ2) is 33.3. The molecule has 0 bridgehead atoms. The van der Waals surface area contributed by atoms with Gasteiger partial charge in [-0.15, -0.1) is 0 Å². The Bertz CT molecular complexity index is 8970. The zero-order chi connectivity index (χ0) is 88.5. The molecule has 8 nitrogen and oxygen atoms in total. The van der Waals surface area contributed by atoms with Crippen LogP contribution in [0.25, 0.3) is 254 Å². The van der Waals surface area contributed by atoms with Gasteiger partial charge in [-0.1, -0.05) is 340 Å². The van der Waals surface area contributed by atoms with Gasteiger partial charge >= 0.3 is 0 Å². The molecule has 0 N–H and O–H groups in total. The van der Waals surface area contributed by atoms with Gasteiger partial charge in [-0.3, -0.25) is 29.9 Å². The molecular weight excluding hydrogens is 1630 g/mol. The standard InChI is InChI=1S/C71H46N4.C55H34N4/c1-3-13-47(14-4-1)53-17-11-19-55(41-53)49-25-29-51(30-26-49)70-61-22-7-8-23-62(61)71(52-31-27-50(28-32-52)56-20-12-18-54(42-56)48-15-5-2-6-16-48)64-43-57(33-36-63(64)70)58-34-37-66(73-44-58)67-38-35-59(45-74-67)75-68-24-10-9-21-60(68)65-46-72-40-39-69(65)75;1-3-11-37-27-40(19-17-35(37)9-1)54-46-14-5-6-15-47(46)55(41-20-18-36-10-2-4-12-38(36)28-41)49-30-39(21-23-48(49)54)51-24-22-42(32-58-51)43-29-44(33-57-31-43)59-52-16-8-7-13-45(52)50-34-56-26-25-53(50)59/h1-46H;1-34H. The molecule has 0 radical (unpaired) electrons. The first-order valence-corrected chi connectivity index (χ1v) is 45.4. The van der Waals surface area contributed by atoms with E-state index in [9.17, 15) is 0 Å². The van der Waals surface area contributed by atoms with E-state index in [4.69, 9.17) is 19.9 Å². The van der Waals surface area contributed by atoms with Gasteiger partial charge in [-0.2, -0.15) is 0 Å². The smallest absolute Gasteiger partial charge is 0.0887 e. The van der Waals surface area contributed by atoms with Crippen molar-refractivity contribution in [2.45, 2.75) is 0 Å². The first-order chi connectivity index (χ1) is 66.4. The molecule has 624 valence electrons. The predicted octanol–water partition coefficient (Wildman–Crippen LogP) is 32.9. The molecule has 0 fully saturated rings. The maximum absolute atomic E-state index is 5.10. The lowest BCUT2D eigenvalue weighted by Crippen LogP contribution is -1.96. The highest BCUT2D eigenvalue weighted by molar-refractivity contribution is 6.24. The summed E-state index contributed by atoms with van der Waals surface area (Å²) in [6.45, 7) is 0. The second-order valence-corrected chi connectivity index (χ2v) is 34.5. The molecule has 0 aliphatic carbocycles. The number of nitrogens with zero attached hydrogens (tertiary/aromatic N) is 8. The number of fused-ring (bicyclic) bond motifs is 12. The van der Waals surface area contributed by atoms with Crippen molar-refractivity contribution in [3.05, 3.63) is 486 Å². The summed E-state index contributed by atoms with van der Waals surface area (Å²) >= 11 is 0. The Labute approximate surface area is 773 Å². The Morgan fingerprint density at radius 1 is 0.142 bits per heavy atom. The van der Waals surface area contributed by atoms with Crippen molar-refractivity contribution in [1.82, 2.24) is 39.0 Å². The average Bonchev–Trinajstić information content (AvgIpc) is 1.78. The average molecular weight is 1710 g/mol. The van der Waals surface area contributed by atoms with Crippen LogP contribution in [-0.2, 0) is 0 Å². The third-order valence-corrected chi connectivity index (χ3v) is 26.8. The van der Waals surface area contributed by atoms with Crippen LogP contribution in [0.5, 0.6) is 0 Å². The van der Waals surface area contributed by atoms with Crippen LogP contribution in [0.2, 0.25) is 0 Å². The van der Waals surface area contributed by atoms with Crippen LogP contribution < -0.4 is 0 Å². The fourth-order valence-electron chi connectivity index (χ4n) is 20.3. The summed E-state index contributed by atoms with van der Waals surface area (Å²) in [4.78, 5) is 28.6. The predicted molar refractivity (Wildman–Crippen MR) is 559 cm³/mol.